The lowest BCUT2D eigenvalue weighted by molar-refractivity contribution is -0.124. The Morgan fingerprint density at radius 3 is 2.64 bits per heavy atom. The Bertz CT molecular complexity index is 271. The standard InChI is InChI=1S/C9H15N3O2/c10-8(14)7-9(5-6(13)12-7)1-3-11-4-2-9/h7,11H,1-5H2,(H2,10,14)(H,12,13). The smallest absolute Gasteiger partial charge is 0.240 e. The van der Waals surface area contributed by atoms with Crippen molar-refractivity contribution in [2.45, 2.75) is 25.3 Å². The molecule has 1 spiro atoms. The molecule has 2 fully saturated rings. The van der Waals surface area contributed by atoms with Crippen molar-refractivity contribution in [3.05, 3.63) is 0 Å². The summed E-state index contributed by atoms with van der Waals surface area (Å²) in [4.78, 5) is 22.5. The molecule has 2 saturated heterocycles. The highest BCUT2D eigenvalue weighted by molar-refractivity contribution is 5.91. The summed E-state index contributed by atoms with van der Waals surface area (Å²) < 4.78 is 0. The third-order valence-electron chi connectivity index (χ3n) is 3.31. The second-order valence-electron chi connectivity index (χ2n) is 4.19. The van der Waals surface area contributed by atoms with Gasteiger partial charge in [0.25, 0.3) is 0 Å². The maximum absolute atomic E-state index is 11.3. The van der Waals surface area contributed by atoms with Gasteiger partial charge in [-0.2, -0.15) is 0 Å². The van der Waals surface area contributed by atoms with Crippen LogP contribution in [0.15, 0.2) is 0 Å². The number of primary amides is 1. The topological polar surface area (TPSA) is 84.2 Å². The zero-order valence-corrected chi connectivity index (χ0v) is 8.01. The van der Waals surface area contributed by atoms with Gasteiger partial charge in [0.1, 0.15) is 6.04 Å². The summed E-state index contributed by atoms with van der Waals surface area (Å²) in [6.45, 7) is 1.72. The molecule has 5 nitrogen and oxygen atoms in total. The average Bonchev–Trinajstić information content (AvgIpc) is 2.44. The van der Waals surface area contributed by atoms with Crippen molar-refractivity contribution < 1.29 is 9.59 Å². The molecule has 1 unspecified atom stereocenters. The summed E-state index contributed by atoms with van der Waals surface area (Å²) in [6, 6.07) is -0.461. The summed E-state index contributed by atoms with van der Waals surface area (Å²) in [5.74, 6) is -0.451. The first-order chi connectivity index (χ1) is 6.64. The normalized spacial score (nSPS) is 30.3. The van der Waals surface area contributed by atoms with Crippen LogP contribution in [-0.2, 0) is 9.59 Å². The van der Waals surface area contributed by atoms with Gasteiger partial charge in [0.15, 0.2) is 0 Å². The number of nitrogens with one attached hydrogen (secondary N) is 2. The molecule has 2 amide bonds. The maximum Gasteiger partial charge on any atom is 0.240 e. The lowest BCUT2D eigenvalue weighted by Gasteiger charge is -2.36. The number of carbonyl (C=O) groups is 2. The van der Waals surface area contributed by atoms with Crippen molar-refractivity contribution in [1.29, 1.82) is 0 Å². The first-order valence-corrected chi connectivity index (χ1v) is 4.93. The summed E-state index contributed by atoms with van der Waals surface area (Å²) in [5.41, 5.74) is 5.08. The number of amides is 2. The Morgan fingerprint density at radius 2 is 2.07 bits per heavy atom. The van der Waals surface area contributed by atoms with E-state index in [1.54, 1.807) is 0 Å². The fourth-order valence-electron chi connectivity index (χ4n) is 2.55. The largest absolute Gasteiger partial charge is 0.368 e. The fraction of sp³-hybridized carbons (Fsp3) is 0.778. The number of carbonyl (C=O) groups excluding carboxylic acids is 2. The Kier molecular flexibility index (Phi) is 2.19. The highest BCUT2D eigenvalue weighted by Gasteiger charge is 2.49. The molecule has 1 atom stereocenters. The predicted molar refractivity (Wildman–Crippen MR) is 50.3 cm³/mol. The fourth-order valence-corrected chi connectivity index (χ4v) is 2.55. The van der Waals surface area contributed by atoms with Crippen LogP contribution in [0.3, 0.4) is 0 Å². The number of nitrogens with two attached hydrogens (primary N) is 1. The molecule has 0 radical (unpaired) electrons. The van der Waals surface area contributed by atoms with Gasteiger partial charge in [-0.1, -0.05) is 0 Å². The van der Waals surface area contributed by atoms with E-state index in [0.717, 1.165) is 25.9 Å². The van der Waals surface area contributed by atoms with E-state index in [1.807, 2.05) is 0 Å². The van der Waals surface area contributed by atoms with E-state index in [9.17, 15) is 9.59 Å². The molecule has 2 rings (SSSR count). The molecule has 14 heavy (non-hydrogen) atoms. The van der Waals surface area contributed by atoms with E-state index in [-0.39, 0.29) is 11.3 Å². The first-order valence-electron chi connectivity index (χ1n) is 4.93. The van der Waals surface area contributed by atoms with Gasteiger partial charge in [-0.25, -0.2) is 0 Å². The lowest BCUT2D eigenvalue weighted by Crippen LogP contribution is -2.51. The summed E-state index contributed by atoms with van der Waals surface area (Å²) >= 11 is 0. The molecular formula is C9H15N3O2. The molecule has 5 heteroatoms. The quantitative estimate of drug-likeness (QED) is 0.490. The van der Waals surface area contributed by atoms with Crippen molar-refractivity contribution in [3.63, 3.8) is 0 Å². The minimum atomic E-state index is -0.461. The molecule has 2 aliphatic heterocycles. The van der Waals surface area contributed by atoms with E-state index >= 15 is 0 Å². The van der Waals surface area contributed by atoms with Crippen LogP contribution in [0.5, 0.6) is 0 Å². The summed E-state index contributed by atoms with van der Waals surface area (Å²) in [6.07, 6.45) is 2.14. The average molecular weight is 197 g/mol. The molecule has 0 aliphatic carbocycles. The number of hydrogen-bond donors (Lipinski definition) is 3. The molecule has 78 valence electrons. The zero-order chi connectivity index (χ0) is 10.2. The predicted octanol–water partition coefficient (Wildman–Crippen LogP) is -1.27. The van der Waals surface area contributed by atoms with Gasteiger partial charge in [0.2, 0.25) is 11.8 Å². The van der Waals surface area contributed by atoms with Crippen LogP contribution in [0, 0.1) is 5.41 Å². The van der Waals surface area contributed by atoms with Crippen LogP contribution in [0.2, 0.25) is 0 Å². The van der Waals surface area contributed by atoms with E-state index < -0.39 is 11.9 Å². The van der Waals surface area contributed by atoms with Gasteiger partial charge >= 0.3 is 0 Å². The number of hydrogen-bond acceptors (Lipinski definition) is 3. The molecule has 2 aliphatic rings. The highest BCUT2D eigenvalue weighted by atomic mass is 16.2. The van der Waals surface area contributed by atoms with Crippen LogP contribution in [0.25, 0.3) is 0 Å². The molecule has 0 aromatic rings. The summed E-state index contributed by atoms with van der Waals surface area (Å²) in [5, 5.41) is 5.89. The molecule has 0 aromatic carbocycles. The second-order valence-corrected chi connectivity index (χ2v) is 4.19. The van der Waals surface area contributed by atoms with Crippen molar-refractivity contribution in [2.24, 2.45) is 11.1 Å². The van der Waals surface area contributed by atoms with Crippen molar-refractivity contribution in [3.8, 4) is 0 Å². The van der Waals surface area contributed by atoms with Gasteiger partial charge in [-0.05, 0) is 25.9 Å². The molecule has 0 saturated carbocycles. The Balaban J connectivity index is 2.21. The van der Waals surface area contributed by atoms with Gasteiger partial charge in [-0.15, -0.1) is 0 Å². The van der Waals surface area contributed by atoms with Crippen LogP contribution in [0.4, 0.5) is 0 Å². The van der Waals surface area contributed by atoms with Crippen molar-refractivity contribution in [2.75, 3.05) is 13.1 Å². The van der Waals surface area contributed by atoms with Crippen LogP contribution < -0.4 is 16.4 Å². The van der Waals surface area contributed by atoms with Crippen LogP contribution in [-0.4, -0.2) is 30.9 Å². The minimum absolute atomic E-state index is 0.0456. The van der Waals surface area contributed by atoms with Gasteiger partial charge in [0.05, 0.1) is 0 Å². The van der Waals surface area contributed by atoms with Crippen LogP contribution >= 0.6 is 0 Å². The Hall–Kier alpha value is -1.10. The van der Waals surface area contributed by atoms with Crippen molar-refractivity contribution >= 4 is 11.8 Å². The number of rotatable bonds is 1. The van der Waals surface area contributed by atoms with Crippen molar-refractivity contribution in [1.82, 2.24) is 10.6 Å². The minimum Gasteiger partial charge on any atom is -0.368 e. The van der Waals surface area contributed by atoms with E-state index in [1.165, 1.54) is 0 Å². The monoisotopic (exact) mass is 197 g/mol. The third kappa shape index (κ3) is 1.37. The lowest BCUT2D eigenvalue weighted by atomic mass is 9.72. The molecule has 0 bridgehead atoms. The highest BCUT2D eigenvalue weighted by Crippen LogP contribution is 2.40. The Morgan fingerprint density at radius 1 is 1.43 bits per heavy atom. The summed E-state index contributed by atoms with van der Waals surface area (Å²) in [7, 11) is 0. The number of piperidine rings is 1. The van der Waals surface area contributed by atoms with Crippen LogP contribution in [0.1, 0.15) is 19.3 Å². The molecule has 2 heterocycles. The van der Waals surface area contributed by atoms with Gasteiger partial charge in [-0.3, -0.25) is 9.59 Å². The Labute approximate surface area is 82.4 Å². The SMILES string of the molecule is NC(=O)C1NC(=O)CC12CCNCC2. The van der Waals surface area contributed by atoms with Gasteiger partial charge < -0.3 is 16.4 Å². The van der Waals surface area contributed by atoms with E-state index in [2.05, 4.69) is 10.6 Å². The molecule has 0 aromatic heterocycles. The maximum atomic E-state index is 11.3. The second kappa shape index (κ2) is 3.24. The van der Waals surface area contributed by atoms with E-state index in [4.69, 9.17) is 5.73 Å². The van der Waals surface area contributed by atoms with E-state index in [0.29, 0.717) is 6.42 Å². The molecule has 4 N–H and O–H groups in total. The van der Waals surface area contributed by atoms with Gasteiger partial charge in [0, 0.05) is 11.8 Å². The third-order valence-corrected chi connectivity index (χ3v) is 3.31. The molecular weight excluding hydrogens is 182 g/mol. The zero-order valence-electron chi connectivity index (χ0n) is 8.01. The first kappa shape index (κ1) is 9.45.